The van der Waals surface area contributed by atoms with Crippen LogP contribution in [0.5, 0.6) is 5.75 Å². The molecular weight excluding hydrogens is 198 g/mol. The first-order chi connectivity index (χ1) is 7.08. The molecule has 0 amide bonds. The average molecular weight is 212 g/mol. The van der Waals surface area contributed by atoms with Crippen molar-refractivity contribution in [3.8, 4) is 5.75 Å². The fourth-order valence-electron chi connectivity index (χ4n) is 1.72. The molecule has 1 nitrogen and oxygen atoms in total. The van der Waals surface area contributed by atoms with E-state index in [0.29, 0.717) is 11.7 Å². The zero-order valence-electron chi connectivity index (χ0n) is 8.89. The summed E-state index contributed by atoms with van der Waals surface area (Å²) in [4.78, 5) is 0. The summed E-state index contributed by atoms with van der Waals surface area (Å²) in [6.07, 6.45) is 2.33. The molecule has 0 saturated heterocycles. The van der Waals surface area contributed by atoms with Crippen LogP contribution in [0.25, 0.3) is 0 Å². The zero-order chi connectivity index (χ0) is 11.0. The highest BCUT2D eigenvalue weighted by molar-refractivity contribution is 5.44. The number of halogens is 2. The van der Waals surface area contributed by atoms with Crippen molar-refractivity contribution in [2.45, 2.75) is 39.2 Å². The molecule has 1 aromatic carbocycles. The lowest BCUT2D eigenvalue weighted by atomic mass is 10.0. The zero-order valence-corrected chi connectivity index (χ0v) is 8.89. The number of ether oxygens (including phenoxy) is 1. The molecule has 0 N–H and O–H groups in total. The van der Waals surface area contributed by atoms with E-state index in [0.717, 1.165) is 29.5 Å². The molecule has 0 aromatic heterocycles. The Bertz CT molecular complexity index is 370. The Labute approximate surface area is 88.1 Å². The molecule has 82 valence electrons. The molecule has 1 aliphatic carbocycles. The van der Waals surface area contributed by atoms with Crippen LogP contribution in [0.15, 0.2) is 12.1 Å². The number of hydrogen-bond acceptors (Lipinski definition) is 1. The summed E-state index contributed by atoms with van der Waals surface area (Å²) >= 11 is 0. The summed E-state index contributed by atoms with van der Waals surface area (Å²) in [5.41, 5.74) is 2.96. The SMILES string of the molecule is Cc1cc(C2CC2)cc(OC(F)F)c1C. The third kappa shape index (κ3) is 2.28. The highest BCUT2D eigenvalue weighted by Gasteiger charge is 2.25. The number of hydrogen-bond donors (Lipinski definition) is 0. The van der Waals surface area contributed by atoms with Gasteiger partial charge in [0.15, 0.2) is 0 Å². The van der Waals surface area contributed by atoms with Gasteiger partial charge in [0.05, 0.1) is 0 Å². The van der Waals surface area contributed by atoms with Crippen LogP contribution in [0.4, 0.5) is 8.78 Å². The summed E-state index contributed by atoms with van der Waals surface area (Å²) in [6, 6.07) is 3.83. The van der Waals surface area contributed by atoms with Gasteiger partial charge in [-0.25, -0.2) is 0 Å². The summed E-state index contributed by atoms with van der Waals surface area (Å²) in [6.45, 7) is 1.00. The van der Waals surface area contributed by atoms with Crippen molar-refractivity contribution in [1.29, 1.82) is 0 Å². The second kappa shape index (κ2) is 3.80. The van der Waals surface area contributed by atoms with Crippen molar-refractivity contribution >= 4 is 0 Å². The van der Waals surface area contributed by atoms with Gasteiger partial charge in [0.25, 0.3) is 0 Å². The average Bonchev–Trinajstić information content (AvgIpc) is 2.94. The standard InChI is InChI=1S/C12H14F2O/c1-7-5-10(9-3-4-9)6-11(8(7)2)15-12(13)14/h5-6,9,12H,3-4H2,1-2H3. The van der Waals surface area contributed by atoms with Crippen LogP contribution in [0.2, 0.25) is 0 Å². The maximum atomic E-state index is 12.2. The van der Waals surface area contributed by atoms with Gasteiger partial charge in [0, 0.05) is 0 Å². The topological polar surface area (TPSA) is 9.23 Å². The number of aryl methyl sites for hydroxylation is 1. The van der Waals surface area contributed by atoms with E-state index in [1.54, 1.807) is 6.07 Å². The molecule has 1 saturated carbocycles. The van der Waals surface area contributed by atoms with Crippen molar-refractivity contribution in [1.82, 2.24) is 0 Å². The third-order valence-corrected chi connectivity index (χ3v) is 2.91. The maximum Gasteiger partial charge on any atom is 0.387 e. The molecule has 0 bridgehead atoms. The van der Waals surface area contributed by atoms with E-state index in [1.807, 2.05) is 13.8 Å². The van der Waals surface area contributed by atoms with E-state index in [9.17, 15) is 8.78 Å². The van der Waals surface area contributed by atoms with Gasteiger partial charge < -0.3 is 4.74 Å². The molecular formula is C12H14F2O. The molecule has 0 unspecified atom stereocenters. The van der Waals surface area contributed by atoms with Crippen molar-refractivity contribution in [2.24, 2.45) is 0 Å². The minimum atomic E-state index is -2.74. The molecule has 0 aliphatic heterocycles. The number of alkyl halides is 2. The molecule has 15 heavy (non-hydrogen) atoms. The van der Waals surface area contributed by atoms with Crippen LogP contribution in [-0.4, -0.2) is 6.61 Å². The number of benzene rings is 1. The van der Waals surface area contributed by atoms with E-state index >= 15 is 0 Å². The summed E-state index contributed by atoms with van der Waals surface area (Å²) < 4.78 is 28.8. The van der Waals surface area contributed by atoms with Crippen LogP contribution in [0, 0.1) is 13.8 Å². The van der Waals surface area contributed by atoms with Gasteiger partial charge in [-0.3, -0.25) is 0 Å². The quantitative estimate of drug-likeness (QED) is 0.740. The Hall–Kier alpha value is -1.12. The van der Waals surface area contributed by atoms with Crippen molar-refractivity contribution in [2.75, 3.05) is 0 Å². The van der Waals surface area contributed by atoms with Crippen LogP contribution >= 0.6 is 0 Å². The Morgan fingerprint density at radius 1 is 1.27 bits per heavy atom. The highest BCUT2D eigenvalue weighted by atomic mass is 19.3. The number of rotatable bonds is 3. The first-order valence-corrected chi connectivity index (χ1v) is 5.14. The van der Waals surface area contributed by atoms with Crippen LogP contribution < -0.4 is 4.74 Å². The van der Waals surface area contributed by atoms with Crippen molar-refractivity contribution in [3.05, 3.63) is 28.8 Å². The minimum Gasteiger partial charge on any atom is -0.435 e. The van der Waals surface area contributed by atoms with Gasteiger partial charge in [0.1, 0.15) is 5.75 Å². The van der Waals surface area contributed by atoms with Crippen LogP contribution in [-0.2, 0) is 0 Å². The van der Waals surface area contributed by atoms with Crippen molar-refractivity contribution < 1.29 is 13.5 Å². The molecule has 0 radical (unpaired) electrons. The lowest BCUT2D eigenvalue weighted by molar-refractivity contribution is -0.0503. The molecule has 2 rings (SSSR count). The lowest BCUT2D eigenvalue weighted by Gasteiger charge is -2.12. The minimum absolute atomic E-state index is 0.326. The molecule has 0 spiro atoms. The predicted molar refractivity (Wildman–Crippen MR) is 54.5 cm³/mol. The first-order valence-electron chi connectivity index (χ1n) is 5.14. The Balaban J connectivity index is 2.33. The monoisotopic (exact) mass is 212 g/mol. The van der Waals surface area contributed by atoms with Gasteiger partial charge in [-0.15, -0.1) is 0 Å². The lowest BCUT2D eigenvalue weighted by Crippen LogP contribution is -2.04. The van der Waals surface area contributed by atoms with Gasteiger partial charge in [-0.05, 0) is 55.4 Å². The van der Waals surface area contributed by atoms with Gasteiger partial charge >= 0.3 is 6.61 Å². The van der Waals surface area contributed by atoms with E-state index in [2.05, 4.69) is 10.8 Å². The van der Waals surface area contributed by atoms with Crippen LogP contribution in [0.1, 0.15) is 35.4 Å². The Kier molecular flexibility index (Phi) is 2.63. The van der Waals surface area contributed by atoms with Crippen molar-refractivity contribution in [3.63, 3.8) is 0 Å². The van der Waals surface area contributed by atoms with E-state index in [1.165, 1.54) is 0 Å². The fourth-order valence-corrected chi connectivity index (χ4v) is 1.72. The summed E-state index contributed by atoms with van der Waals surface area (Å²) in [7, 11) is 0. The summed E-state index contributed by atoms with van der Waals surface area (Å²) in [5.74, 6) is 0.885. The highest BCUT2D eigenvalue weighted by Crippen LogP contribution is 2.42. The molecule has 0 heterocycles. The molecule has 1 aromatic rings. The van der Waals surface area contributed by atoms with Gasteiger partial charge in [-0.1, -0.05) is 6.07 Å². The largest absolute Gasteiger partial charge is 0.435 e. The molecule has 1 aliphatic rings. The maximum absolute atomic E-state index is 12.2. The fraction of sp³-hybridized carbons (Fsp3) is 0.500. The van der Waals surface area contributed by atoms with Crippen LogP contribution in [0.3, 0.4) is 0 Å². The van der Waals surface area contributed by atoms with Gasteiger partial charge in [0.2, 0.25) is 0 Å². The second-order valence-corrected chi connectivity index (χ2v) is 4.11. The van der Waals surface area contributed by atoms with Gasteiger partial charge in [-0.2, -0.15) is 8.78 Å². The molecule has 3 heteroatoms. The Morgan fingerprint density at radius 2 is 1.93 bits per heavy atom. The smallest absolute Gasteiger partial charge is 0.387 e. The third-order valence-electron chi connectivity index (χ3n) is 2.91. The second-order valence-electron chi connectivity index (χ2n) is 4.11. The molecule has 1 fully saturated rings. The molecule has 0 atom stereocenters. The predicted octanol–water partition coefficient (Wildman–Crippen LogP) is 3.78. The normalized spacial score (nSPS) is 15.8. The van der Waals surface area contributed by atoms with E-state index in [-0.39, 0.29) is 0 Å². The summed E-state index contributed by atoms with van der Waals surface area (Å²) in [5, 5.41) is 0. The van der Waals surface area contributed by atoms with E-state index in [4.69, 9.17) is 0 Å². The first kappa shape index (κ1) is 10.4. The Morgan fingerprint density at radius 3 is 2.47 bits per heavy atom. The van der Waals surface area contributed by atoms with E-state index < -0.39 is 6.61 Å².